The van der Waals surface area contributed by atoms with Gasteiger partial charge in [0.25, 0.3) is 5.91 Å². The highest BCUT2D eigenvalue weighted by Gasteiger charge is 2.29. The van der Waals surface area contributed by atoms with E-state index in [4.69, 9.17) is 0 Å². The largest absolute Gasteiger partial charge is 0.345 e. The van der Waals surface area contributed by atoms with Crippen molar-refractivity contribution < 1.29 is 9.59 Å². The molecule has 3 aromatic carbocycles. The number of carbonyl (C=O) groups excluding carboxylic acids is 2. The summed E-state index contributed by atoms with van der Waals surface area (Å²) in [5, 5.41) is 2.14. The Balaban J connectivity index is 1.36. The van der Waals surface area contributed by atoms with Gasteiger partial charge in [0.05, 0.1) is 6.54 Å². The lowest BCUT2D eigenvalue weighted by atomic mass is 9.94. The molecule has 0 atom stereocenters. The zero-order valence-electron chi connectivity index (χ0n) is 23.3. The van der Waals surface area contributed by atoms with E-state index in [0.29, 0.717) is 18.7 Å². The molecule has 0 saturated heterocycles. The molecule has 0 bridgehead atoms. The van der Waals surface area contributed by atoms with Gasteiger partial charge in [-0.25, -0.2) is 0 Å². The zero-order chi connectivity index (χ0) is 27.9. The number of carbonyl (C=O) groups is 2. The Bertz CT molecular complexity index is 1440. The van der Waals surface area contributed by atoms with E-state index in [9.17, 15) is 9.59 Å². The van der Waals surface area contributed by atoms with Crippen molar-refractivity contribution in [3.63, 3.8) is 0 Å². The SMILES string of the molecule is CCCN(CC(=O)N(Cc1cccn1Cc1ccc(Br)cc1)C1CCCCC1)C(=O)c1ccc2ccccc2c1. The summed E-state index contributed by atoms with van der Waals surface area (Å²) in [7, 11) is 0. The highest BCUT2D eigenvalue weighted by Crippen LogP contribution is 2.26. The molecule has 5 nitrogen and oxygen atoms in total. The van der Waals surface area contributed by atoms with E-state index in [1.165, 1.54) is 12.0 Å². The molecule has 1 aliphatic rings. The van der Waals surface area contributed by atoms with E-state index in [2.05, 4.69) is 74.9 Å². The first-order chi connectivity index (χ1) is 19.5. The van der Waals surface area contributed by atoms with Crippen molar-refractivity contribution in [3.8, 4) is 0 Å². The molecule has 2 amide bonds. The second-order valence-corrected chi connectivity index (χ2v) is 11.8. The summed E-state index contributed by atoms with van der Waals surface area (Å²) < 4.78 is 3.30. The first kappa shape index (κ1) is 28.2. The van der Waals surface area contributed by atoms with Gasteiger partial charge < -0.3 is 14.4 Å². The summed E-state index contributed by atoms with van der Waals surface area (Å²) in [6.07, 6.45) is 8.43. The Morgan fingerprint density at radius 2 is 1.65 bits per heavy atom. The summed E-state index contributed by atoms with van der Waals surface area (Å²) in [6, 6.07) is 26.6. The number of fused-ring (bicyclic) bond motifs is 1. The van der Waals surface area contributed by atoms with Crippen LogP contribution in [0.25, 0.3) is 10.8 Å². The van der Waals surface area contributed by atoms with Crippen LogP contribution in [-0.2, 0) is 17.9 Å². The molecule has 40 heavy (non-hydrogen) atoms. The third-order valence-electron chi connectivity index (χ3n) is 7.96. The predicted molar refractivity (Wildman–Crippen MR) is 165 cm³/mol. The van der Waals surface area contributed by atoms with E-state index < -0.39 is 0 Å². The lowest BCUT2D eigenvalue weighted by Crippen LogP contribution is -2.47. The average molecular weight is 601 g/mol. The maximum absolute atomic E-state index is 14.0. The maximum atomic E-state index is 14.0. The van der Waals surface area contributed by atoms with Crippen LogP contribution in [0.3, 0.4) is 0 Å². The summed E-state index contributed by atoms with van der Waals surface area (Å²) >= 11 is 3.52. The van der Waals surface area contributed by atoms with Crippen molar-refractivity contribution >= 4 is 38.5 Å². The van der Waals surface area contributed by atoms with E-state index >= 15 is 0 Å². The number of benzene rings is 3. The summed E-state index contributed by atoms with van der Waals surface area (Å²) in [5.41, 5.74) is 2.96. The second-order valence-electron chi connectivity index (χ2n) is 10.9. The molecule has 1 aromatic heterocycles. The van der Waals surface area contributed by atoms with Crippen LogP contribution in [0.5, 0.6) is 0 Å². The van der Waals surface area contributed by atoms with Crippen molar-refractivity contribution in [2.45, 2.75) is 64.6 Å². The van der Waals surface area contributed by atoms with Crippen molar-refractivity contribution in [1.29, 1.82) is 0 Å². The normalized spacial score (nSPS) is 13.8. The van der Waals surface area contributed by atoms with Crippen LogP contribution in [0.15, 0.2) is 89.5 Å². The molecule has 5 rings (SSSR count). The fourth-order valence-corrected chi connectivity index (χ4v) is 6.07. The van der Waals surface area contributed by atoms with Crippen molar-refractivity contribution in [2.75, 3.05) is 13.1 Å². The van der Waals surface area contributed by atoms with Crippen LogP contribution in [0.1, 0.15) is 67.1 Å². The maximum Gasteiger partial charge on any atom is 0.254 e. The zero-order valence-corrected chi connectivity index (χ0v) is 24.9. The minimum absolute atomic E-state index is 0.0332. The monoisotopic (exact) mass is 599 g/mol. The van der Waals surface area contributed by atoms with E-state index in [-0.39, 0.29) is 24.4 Å². The van der Waals surface area contributed by atoms with Gasteiger partial charge in [-0.05, 0) is 72.0 Å². The van der Waals surface area contributed by atoms with Crippen molar-refractivity contribution in [3.05, 3.63) is 106 Å². The molecule has 0 unspecified atom stereocenters. The van der Waals surface area contributed by atoms with Crippen LogP contribution in [0.2, 0.25) is 0 Å². The molecule has 6 heteroatoms. The van der Waals surface area contributed by atoms with Gasteiger partial charge in [-0.2, -0.15) is 0 Å². The third kappa shape index (κ3) is 6.84. The number of halogens is 1. The number of amides is 2. The molecule has 0 aliphatic heterocycles. The highest BCUT2D eigenvalue weighted by molar-refractivity contribution is 9.10. The Kier molecular flexibility index (Phi) is 9.38. The summed E-state index contributed by atoms with van der Waals surface area (Å²) in [6.45, 7) is 4.01. The van der Waals surface area contributed by atoms with Gasteiger partial charge in [0.2, 0.25) is 5.91 Å². The lowest BCUT2D eigenvalue weighted by molar-refractivity contribution is -0.135. The molecule has 0 N–H and O–H groups in total. The molecular formula is C34H38BrN3O2. The number of hydrogen-bond donors (Lipinski definition) is 0. The molecule has 1 saturated carbocycles. The Morgan fingerprint density at radius 1 is 0.900 bits per heavy atom. The minimum atomic E-state index is -0.0804. The van der Waals surface area contributed by atoms with Crippen LogP contribution in [0, 0.1) is 0 Å². The lowest BCUT2D eigenvalue weighted by Gasteiger charge is -2.36. The standard InChI is InChI=1S/C34H38BrN3O2/c1-2-20-37(34(40)29-17-16-27-9-6-7-10-28(27)22-29)25-33(39)38(31-11-4-3-5-12-31)24-32-13-8-21-36(32)23-26-14-18-30(35)19-15-26/h6-10,13-19,21-22,31H,2-5,11-12,20,23-25H2,1H3. The second kappa shape index (κ2) is 13.3. The number of nitrogens with zero attached hydrogens (tertiary/aromatic N) is 3. The van der Waals surface area contributed by atoms with Crippen LogP contribution in [0.4, 0.5) is 0 Å². The molecular weight excluding hydrogens is 562 g/mol. The summed E-state index contributed by atoms with van der Waals surface area (Å²) in [4.78, 5) is 31.5. The van der Waals surface area contributed by atoms with Gasteiger partial charge in [0, 0.05) is 41.1 Å². The van der Waals surface area contributed by atoms with Gasteiger partial charge in [-0.15, -0.1) is 0 Å². The van der Waals surface area contributed by atoms with Gasteiger partial charge in [0.1, 0.15) is 6.54 Å². The molecule has 1 heterocycles. The molecule has 0 radical (unpaired) electrons. The Hall–Kier alpha value is -3.38. The van der Waals surface area contributed by atoms with Gasteiger partial charge in [-0.1, -0.05) is 84.6 Å². The quantitative estimate of drug-likeness (QED) is 0.188. The number of aromatic nitrogens is 1. The first-order valence-electron chi connectivity index (χ1n) is 14.5. The van der Waals surface area contributed by atoms with Crippen molar-refractivity contribution in [2.24, 2.45) is 0 Å². The van der Waals surface area contributed by atoms with Gasteiger partial charge in [0.15, 0.2) is 0 Å². The van der Waals surface area contributed by atoms with Crippen LogP contribution < -0.4 is 0 Å². The highest BCUT2D eigenvalue weighted by atomic mass is 79.9. The summed E-state index contributed by atoms with van der Waals surface area (Å²) in [5.74, 6) is -0.0472. The van der Waals surface area contributed by atoms with Crippen LogP contribution in [-0.4, -0.2) is 45.3 Å². The molecule has 208 valence electrons. The molecule has 1 aliphatic carbocycles. The first-order valence-corrected chi connectivity index (χ1v) is 15.3. The van der Waals surface area contributed by atoms with E-state index in [1.54, 1.807) is 4.90 Å². The third-order valence-corrected chi connectivity index (χ3v) is 8.49. The van der Waals surface area contributed by atoms with Gasteiger partial charge in [-0.3, -0.25) is 9.59 Å². The molecule has 1 fully saturated rings. The fourth-order valence-electron chi connectivity index (χ4n) is 5.80. The van der Waals surface area contributed by atoms with E-state index in [0.717, 1.165) is 59.6 Å². The minimum Gasteiger partial charge on any atom is -0.345 e. The topological polar surface area (TPSA) is 45.6 Å². The molecule has 0 spiro atoms. The van der Waals surface area contributed by atoms with Crippen LogP contribution >= 0.6 is 15.9 Å². The molecule has 4 aromatic rings. The Labute approximate surface area is 245 Å². The predicted octanol–water partition coefficient (Wildman–Crippen LogP) is 7.67. The number of rotatable bonds is 10. The van der Waals surface area contributed by atoms with E-state index in [1.807, 2.05) is 42.5 Å². The fraction of sp³-hybridized carbons (Fsp3) is 0.353. The Morgan fingerprint density at radius 3 is 2.40 bits per heavy atom. The number of hydrogen-bond acceptors (Lipinski definition) is 2. The van der Waals surface area contributed by atoms with Crippen molar-refractivity contribution in [1.82, 2.24) is 14.4 Å². The smallest absolute Gasteiger partial charge is 0.254 e. The average Bonchev–Trinajstić information content (AvgIpc) is 3.43. The van der Waals surface area contributed by atoms with Gasteiger partial charge >= 0.3 is 0 Å².